The standard InChI is InChI=1S/C18H16F3N3O3/c1-10-4-2-5-11(22-10)8-24-9-12(17(23-24)18(19,20)21)16(27)15-13(25)6-3-7-14(15)26/h2,4-5,9,27H,3,6-8H2,1H3. The minimum Gasteiger partial charge on any atom is -0.506 e. The largest absolute Gasteiger partial charge is 0.506 e. The molecule has 1 aliphatic carbocycles. The van der Waals surface area contributed by atoms with Crippen molar-refractivity contribution < 1.29 is 27.9 Å². The Labute approximate surface area is 152 Å². The lowest BCUT2D eigenvalue weighted by molar-refractivity contribution is -0.142. The molecule has 0 aliphatic heterocycles. The predicted octanol–water partition coefficient (Wildman–Crippen LogP) is 3.24. The van der Waals surface area contributed by atoms with Crippen LogP contribution >= 0.6 is 0 Å². The Bertz CT molecular complexity index is 927. The van der Waals surface area contributed by atoms with Crippen LogP contribution in [0, 0.1) is 6.92 Å². The normalized spacial score (nSPS) is 15.3. The van der Waals surface area contributed by atoms with Crippen molar-refractivity contribution in [2.45, 2.75) is 38.9 Å². The molecule has 3 rings (SSSR count). The van der Waals surface area contributed by atoms with E-state index in [-0.39, 0.29) is 19.4 Å². The molecule has 1 saturated carbocycles. The Morgan fingerprint density at radius 1 is 1.22 bits per heavy atom. The SMILES string of the molecule is Cc1cccc(Cn2cc(C(O)=C3C(=O)CCCC3=O)c(C(F)(F)F)n2)n1. The molecule has 0 bridgehead atoms. The first kappa shape index (κ1) is 18.8. The summed E-state index contributed by atoms with van der Waals surface area (Å²) in [6, 6.07) is 5.09. The van der Waals surface area contributed by atoms with Gasteiger partial charge in [0.05, 0.1) is 17.8 Å². The molecule has 0 aromatic carbocycles. The molecular weight excluding hydrogens is 363 g/mol. The Morgan fingerprint density at radius 2 is 1.89 bits per heavy atom. The minimum atomic E-state index is -4.87. The number of aliphatic hydroxyl groups excluding tert-OH is 1. The van der Waals surface area contributed by atoms with Gasteiger partial charge in [0.15, 0.2) is 17.3 Å². The summed E-state index contributed by atoms with van der Waals surface area (Å²) in [5.74, 6) is -2.30. The number of alkyl halides is 3. The summed E-state index contributed by atoms with van der Waals surface area (Å²) in [4.78, 5) is 28.1. The van der Waals surface area contributed by atoms with Crippen molar-refractivity contribution in [1.82, 2.24) is 14.8 Å². The molecule has 0 atom stereocenters. The number of allylic oxidation sites excluding steroid dienone is 1. The summed E-state index contributed by atoms with van der Waals surface area (Å²) in [7, 11) is 0. The molecule has 2 aromatic rings. The molecule has 0 spiro atoms. The number of pyridine rings is 1. The van der Waals surface area contributed by atoms with Crippen molar-refractivity contribution in [3.05, 3.63) is 52.6 Å². The number of ketones is 2. The van der Waals surface area contributed by atoms with Gasteiger partial charge in [-0.1, -0.05) is 6.07 Å². The number of halogens is 3. The van der Waals surface area contributed by atoms with E-state index in [0.29, 0.717) is 17.8 Å². The second kappa shape index (κ2) is 6.98. The summed E-state index contributed by atoms with van der Waals surface area (Å²) in [6.45, 7) is 1.69. The zero-order chi connectivity index (χ0) is 19.8. The Kier molecular flexibility index (Phi) is 4.86. The van der Waals surface area contributed by atoms with Gasteiger partial charge >= 0.3 is 6.18 Å². The van der Waals surface area contributed by atoms with Crippen LogP contribution in [0.3, 0.4) is 0 Å². The van der Waals surface area contributed by atoms with Crippen LogP contribution in [0.15, 0.2) is 30.0 Å². The first-order chi connectivity index (χ1) is 12.7. The van der Waals surface area contributed by atoms with Crippen molar-refractivity contribution in [3.63, 3.8) is 0 Å². The number of carbonyl (C=O) groups excluding carboxylic acids is 2. The number of Topliss-reactive ketones (excluding diaryl/α,β-unsaturated/α-hetero) is 2. The molecule has 0 unspecified atom stereocenters. The van der Waals surface area contributed by atoms with Gasteiger partial charge in [-0.3, -0.25) is 19.3 Å². The van der Waals surface area contributed by atoms with Gasteiger partial charge in [-0.15, -0.1) is 0 Å². The van der Waals surface area contributed by atoms with E-state index in [1.165, 1.54) is 0 Å². The average Bonchev–Trinajstić information content (AvgIpc) is 2.99. The van der Waals surface area contributed by atoms with Crippen molar-refractivity contribution >= 4 is 17.3 Å². The lowest BCUT2D eigenvalue weighted by Gasteiger charge is -2.14. The molecule has 1 fully saturated rings. The summed E-state index contributed by atoms with van der Waals surface area (Å²) < 4.78 is 41.2. The number of aromatic nitrogens is 3. The van der Waals surface area contributed by atoms with E-state index in [1.807, 2.05) is 0 Å². The second-order valence-electron chi connectivity index (χ2n) is 6.28. The van der Waals surface area contributed by atoms with Gasteiger partial charge in [0, 0.05) is 24.7 Å². The summed E-state index contributed by atoms with van der Waals surface area (Å²) >= 11 is 0. The van der Waals surface area contributed by atoms with Gasteiger partial charge in [0.2, 0.25) is 0 Å². The molecular formula is C18H16F3N3O3. The van der Waals surface area contributed by atoms with E-state index in [1.54, 1.807) is 25.1 Å². The number of hydrogen-bond donors (Lipinski definition) is 1. The lowest BCUT2D eigenvalue weighted by atomic mass is 9.90. The maximum absolute atomic E-state index is 13.4. The smallest absolute Gasteiger partial charge is 0.435 e. The van der Waals surface area contributed by atoms with Crippen LogP contribution in [0.1, 0.15) is 41.9 Å². The van der Waals surface area contributed by atoms with Crippen LogP contribution in [0.2, 0.25) is 0 Å². The fourth-order valence-corrected chi connectivity index (χ4v) is 2.95. The quantitative estimate of drug-likeness (QED) is 0.503. The van der Waals surface area contributed by atoms with Crippen LogP contribution in [0.25, 0.3) is 5.76 Å². The first-order valence-electron chi connectivity index (χ1n) is 8.24. The maximum atomic E-state index is 13.4. The van der Waals surface area contributed by atoms with Crippen molar-refractivity contribution in [2.75, 3.05) is 0 Å². The van der Waals surface area contributed by atoms with E-state index in [9.17, 15) is 27.9 Å². The van der Waals surface area contributed by atoms with E-state index in [0.717, 1.165) is 10.9 Å². The lowest BCUT2D eigenvalue weighted by Crippen LogP contribution is -2.21. The van der Waals surface area contributed by atoms with Crippen molar-refractivity contribution in [3.8, 4) is 0 Å². The number of carbonyl (C=O) groups is 2. The monoisotopic (exact) mass is 379 g/mol. The third kappa shape index (κ3) is 3.91. The van der Waals surface area contributed by atoms with Crippen LogP contribution < -0.4 is 0 Å². The third-order valence-corrected chi connectivity index (χ3v) is 4.16. The second-order valence-corrected chi connectivity index (χ2v) is 6.28. The van der Waals surface area contributed by atoms with Gasteiger partial charge in [-0.25, -0.2) is 0 Å². The highest BCUT2D eigenvalue weighted by molar-refractivity contribution is 6.25. The van der Waals surface area contributed by atoms with Crippen LogP contribution in [0.4, 0.5) is 13.2 Å². The fraction of sp³-hybridized carbons (Fsp3) is 0.333. The van der Waals surface area contributed by atoms with Crippen molar-refractivity contribution in [2.24, 2.45) is 0 Å². The van der Waals surface area contributed by atoms with E-state index >= 15 is 0 Å². The summed E-state index contributed by atoms with van der Waals surface area (Å²) in [5, 5.41) is 13.8. The third-order valence-electron chi connectivity index (χ3n) is 4.16. The zero-order valence-corrected chi connectivity index (χ0v) is 14.4. The predicted molar refractivity (Wildman–Crippen MR) is 88.7 cm³/mol. The van der Waals surface area contributed by atoms with Crippen molar-refractivity contribution in [1.29, 1.82) is 0 Å². The van der Waals surface area contributed by atoms with Gasteiger partial charge in [0.1, 0.15) is 11.3 Å². The molecule has 2 heterocycles. The maximum Gasteiger partial charge on any atom is 0.435 e. The molecule has 9 heteroatoms. The number of aryl methyl sites for hydroxylation is 1. The molecule has 1 N–H and O–H groups in total. The minimum absolute atomic E-state index is 0.00777. The number of rotatable bonds is 3. The van der Waals surface area contributed by atoms with Gasteiger partial charge in [-0.05, 0) is 25.5 Å². The summed E-state index contributed by atoms with van der Waals surface area (Å²) in [5.41, 5.74) is -1.45. The highest BCUT2D eigenvalue weighted by atomic mass is 19.4. The molecule has 0 saturated heterocycles. The highest BCUT2D eigenvalue weighted by Gasteiger charge is 2.40. The van der Waals surface area contributed by atoms with E-state index in [4.69, 9.17) is 0 Å². The first-order valence-corrected chi connectivity index (χ1v) is 8.24. The highest BCUT2D eigenvalue weighted by Crippen LogP contribution is 2.35. The van der Waals surface area contributed by atoms with Crippen LogP contribution in [0.5, 0.6) is 0 Å². The Hall–Kier alpha value is -2.97. The number of aliphatic hydroxyl groups is 1. The molecule has 142 valence electrons. The summed E-state index contributed by atoms with van der Waals surface area (Å²) in [6.07, 6.45) is -3.55. The average molecular weight is 379 g/mol. The topological polar surface area (TPSA) is 85.1 Å². The Morgan fingerprint density at radius 3 is 2.48 bits per heavy atom. The van der Waals surface area contributed by atoms with Gasteiger partial charge in [-0.2, -0.15) is 18.3 Å². The molecule has 1 aliphatic rings. The van der Waals surface area contributed by atoms with E-state index < -0.39 is 40.3 Å². The zero-order valence-electron chi connectivity index (χ0n) is 14.4. The molecule has 27 heavy (non-hydrogen) atoms. The molecule has 0 amide bonds. The fourth-order valence-electron chi connectivity index (χ4n) is 2.95. The van der Waals surface area contributed by atoms with Crippen LogP contribution in [-0.2, 0) is 22.3 Å². The molecule has 0 radical (unpaired) electrons. The Balaban J connectivity index is 2.07. The molecule has 6 nitrogen and oxygen atoms in total. The number of hydrogen-bond acceptors (Lipinski definition) is 5. The van der Waals surface area contributed by atoms with E-state index in [2.05, 4.69) is 10.1 Å². The number of nitrogens with zero attached hydrogens (tertiary/aromatic N) is 3. The van der Waals surface area contributed by atoms with Gasteiger partial charge in [0.25, 0.3) is 0 Å². The molecule has 2 aromatic heterocycles. The van der Waals surface area contributed by atoms with Gasteiger partial charge < -0.3 is 5.11 Å². The van der Waals surface area contributed by atoms with Crippen LogP contribution in [-0.4, -0.2) is 31.4 Å².